The summed E-state index contributed by atoms with van der Waals surface area (Å²) in [7, 11) is 1.34. The van der Waals surface area contributed by atoms with E-state index in [0.717, 1.165) is 13.0 Å². The van der Waals surface area contributed by atoms with Gasteiger partial charge in [0, 0.05) is 12.6 Å². The van der Waals surface area contributed by atoms with Crippen LogP contribution in [0.15, 0.2) is 22.1 Å². The number of nitrogens with one attached hydrogen (secondary N) is 1. The standard InChI is InChI=1S/C14H21NO3/c1-5-11(9-15-10(2)3)8-12-6-7-13(18-12)14(16)17-4/h6-8,10,15H,5,9H2,1-4H3. The van der Waals surface area contributed by atoms with Gasteiger partial charge in [-0.25, -0.2) is 4.79 Å². The van der Waals surface area contributed by atoms with Gasteiger partial charge in [-0.3, -0.25) is 0 Å². The van der Waals surface area contributed by atoms with E-state index in [-0.39, 0.29) is 5.76 Å². The molecule has 1 aromatic rings. The second-order valence-electron chi connectivity index (χ2n) is 4.39. The van der Waals surface area contributed by atoms with E-state index in [1.165, 1.54) is 12.7 Å². The number of furan rings is 1. The van der Waals surface area contributed by atoms with Gasteiger partial charge in [-0.05, 0) is 24.6 Å². The number of esters is 1. The third-order valence-electron chi connectivity index (χ3n) is 2.55. The average molecular weight is 251 g/mol. The van der Waals surface area contributed by atoms with Gasteiger partial charge in [0.2, 0.25) is 5.76 Å². The summed E-state index contributed by atoms with van der Waals surface area (Å²) in [6.45, 7) is 7.13. The zero-order valence-electron chi connectivity index (χ0n) is 11.4. The fourth-order valence-electron chi connectivity index (χ4n) is 1.46. The Morgan fingerprint density at radius 1 is 1.50 bits per heavy atom. The number of rotatable bonds is 6. The summed E-state index contributed by atoms with van der Waals surface area (Å²) in [4.78, 5) is 11.2. The lowest BCUT2D eigenvalue weighted by molar-refractivity contribution is 0.0564. The number of ether oxygens (including phenoxy) is 1. The Kier molecular flexibility index (Phi) is 5.65. The molecule has 0 aromatic carbocycles. The Morgan fingerprint density at radius 2 is 2.22 bits per heavy atom. The maximum atomic E-state index is 11.2. The van der Waals surface area contributed by atoms with E-state index in [1.54, 1.807) is 12.1 Å². The van der Waals surface area contributed by atoms with Crippen LogP contribution >= 0.6 is 0 Å². The van der Waals surface area contributed by atoms with Crippen molar-refractivity contribution >= 4 is 12.0 Å². The summed E-state index contributed by atoms with van der Waals surface area (Å²) in [5.74, 6) is 0.460. The van der Waals surface area contributed by atoms with Gasteiger partial charge in [-0.1, -0.05) is 26.3 Å². The van der Waals surface area contributed by atoms with Crippen LogP contribution in [0, 0.1) is 0 Å². The molecule has 0 radical (unpaired) electrons. The number of carbonyl (C=O) groups excluding carboxylic acids is 1. The Hall–Kier alpha value is -1.55. The molecule has 4 heteroatoms. The Labute approximate surface area is 108 Å². The Morgan fingerprint density at radius 3 is 2.78 bits per heavy atom. The smallest absolute Gasteiger partial charge is 0.373 e. The van der Waals surface area contributed by atoms with Crippen molar-refractivity contribution in [2.24, 2.45) is 0 Å². The normalized spacial score (nSPS) is 11.9. The van der Waals surface area contributed by atoms with Crippen molar-refractivity contribution in [1.29, 1.82) is 0 Å². The highest BCUT2D eigenvalue weighted by atomic mass is 16.5. The van der Waals surface area contributed by atoms with Crippen LogP contribution in [0.2, 0.25) is 0 Å². The number of hydrogen-bond acceptors (Lipinski definition) is 4. The topological polar surface area (TPSA) is 51.5 Å². The lowest BCUT2D eigenvalue weighted by Crippen LogP contribution is -2.24. The monoisotopic (exact) mass is 251 g/mol. The maximum absolute atomic E-state index is 11.2. The van der Waals surface area contributed by atoms with Crippen LogP contribution in [-0.2, 0) is 4.74 Å². The molecule has 0 aliphatic carbocycles. The van der Waals surface area contributed by atoms with Crippen LogP contribution in [-0.4, -0.2) is 25.7 Å². The predicted octanol–water partition coefficient (Wildman–Crippen LogP) is 2.86. The second kappa shape index (κ2) is 7.01. The molecule has 4 nitrogen and oxygen atoms in total. The molecule has 0 bridgehead atoms. The van der Waals surface area contributed by atoms with E-state index in [1.807, 2.05) is 6.08 Å². The highest BCUT2D eigenvalue weighted by molar-refractivity contribution is 5.86. The largest absolute Gasteiger partial charge is 0.463 e. The molecule has 1 aromatic heterocycles. The molecule has 0 fully saturated rings. The molecule has 18 heavy (non-hydrogen) atoms. The molecule has 0 aliphatic rings. The molecule has 1 rings (SSSR count). The minimum atomic E-state index is -0.451. The number of methoxy groups -OCH3 is 1. The van der Waals surface area contributed by atoms with E-state index >= 15 is 0 Å². The molecular formula is C14H21NO3. The van der Waals surface area contributed by atoms with E-state index in [9.17, 15) is 4.79 Å². The van der Waals surface area contributed by atoms with Crippen LogP contribution < -0.4 is 5.32 Å². The van der Waals surface area contributed by atoms with E-state index < -0.39 is 5.97 Å². The molecular weight excluding hydrogens is 230 g/mol. The first-order valence-corrected chi connectivity index (χ1v) is 6.17. The van der Waals surface area contributed by atoms with Crippen LogP contribution in [0.3, 0.4) is 0 Å². The third kappa shape index (κ3) is 4.37. The van der Waals surface area contributed by atoms with Gasteiger partial charge in [0.1, 0.15) is 5.76 Å². The van der Waals surface area contributed by atoms with Crippen molar-refractivity contribution in [2.75, 3.05) is 13.7 Å². The van der Waals surface area contributed by atoms with E-state index in [2.05, 4.69) is 30.8 Å². The highest BCUT2D eigenvalue weighted by Crippen LogP contribution is 2.14. The molecule has 0 saturated heterocycles. The van der Waals surface area contributed by atoms with Gasteiger partial charge in [0.25, 0.3) is 0 Å². The average Bonchev–Trinajstić information content (AvgIpc) is 2.81. The quantitative estimate of drug-likeness (QED) is 0.790. The van der Waals surface area contributed by atoms with E-state index in [4.69, 9.17) is 4.42 Å². The number of carbonyl (C=O) groups is 1. The summed E-state index contributed by atoms with van der Waals surface area (Å²) in [5, 5.41) is 3.36. The van der Waals surface area contributed by atoms with Crippen molar-refractivity contribution < 1.29 is 13.9 Å². The predicted molar refractivity (Wildman–Crippen MR) is 71.5 cm³/mol. The zero-order valence-corrected chi connectivity index (χ0v) is 11.4. The van der Waals surface area contributed by atoms with Crippen molar-refractivity contribution in [2.45, 2.75) is 33.2 Å². The third-order valence-corrected chi connectivity index (χ3v) is 2.55. The van der Waals surface area contributed by atoms with Crippen LogP contribution in [0.25, 0.3) is 6.08 Å². The fourth-order valence-corrected chi connectivity index (χ4v) is 1.46. The van der Waals surface area contributed by atoms with Crippen LogP contribution in [0.5, 0.6) is 0 Å². The molecule has 0 atom stereocenters. The Bertz CT molecular complexity index is 418. The molecule has 0 aliphatic heterocycles. The van der Waals surface area contributed by atoms with Crippen molar-refractivity contribution in [3.05, 3.63) is 29.2 Å². The first kappa shape index (κ1) is 14.5. The van der Waals surface area contributed by atoms with Crippen molar-refractivity contribution in [3.8, 4) is 0 Å². The molecule has 100 valence electrons. The molecule has 1 heterocycles. The first-order valence-electron chi connectivity index (χ1n) is 6.17. The SMILES string of the molecule is CCC(=Cc1ccc(C(=O)OC)o1)CNC(C)C. The Balaban J connectivity index is 2.73. The molecule has 0 amide bonds. The maximum Gasteiger partial charge on any atom is 0.373 e. The van der Waals surface area contributed by atoms with Gasteiger partial charge in [-0.15, -0.1) is 0 Å². The first-order chi connectivity index (χ1) is 8.56. The van der Waals surface area contributed by atoms with Crippen molar-refractivity contribution in [3.63, 3.8) is 0 Å². The van der Waals surface area contributed by atoms with Crippen molar-refractivity contribution in [1.82, 2.24) is 5.32 Å². The molecule has 0 unspecified atom stereocenters. The highest BCUT2D eigenvalue weighted by Gasteiger charge is 2.10. The van der Waals surface area contributed by atoms with Gasteiger partial charge >= 0.3 is 5.97 Å². The summed E-state index contributed by atoms with van der Waals surface area (Å²) in [6.07, 6.45) is 2.90. The van der Waals surface area contributed by atoms with Crippen LogP contribution in [0.1, 0.15) is 43.5 Å². The number of hydrogen-bond donors (Lipinski definition) is 1. The van der Waals surface area contributed by atoms with Gasteiger partial charge in [-0.2, -0.15) is 0 Å². The minimum absolute atomic E-state index is 0.232. The van der Waals surface area contributed by atoms with Gasteiger partial charge in [0.05, 0.1) is 7.11 Å². The molecule has 0 spiro atoms. The lowest BCUT2D eigenvalue weighted by Gasteiger charge is -2.09. The minimum Gasteiger partial charge on any atom is -0.463 e. The molecule has 1 N–H and O–H groups in total. The van der Waals surface area contributed by atoms with Gasteiger partial charge in [0.15, 0.2) is 0 Å². The summed E-state index contributed by atoms with van der Waals surface area (Å²) >= 11 is 0. The molecule has 0 saturated carbocycles. The fraction of sp³-hybridized carbons (Fsp3) is 0.500. The summed E-state index contributed by atoms with van der Waals surface area (Å²) in [6, 6.07) is 3.85. The van der Waals surface area contributed by atoms with Crippen LogP contribution in [0.4, 0.5) is 0 Å². The van der Waals surface area contributed by atoms with Gasteiger partial charge < -0.3 is 14.5 Å². The second-order valence-corrected chi connectivity index (χ2v) is 4.39. The zero-order chi connectivity index (χ0) is 13.5. The summed E-state index contributed by atoms with van der Waals surface area (Å²) < 4.78 is 9.99. The van der Waals surface area contributed by atoms with E-state index in [0.29, 0.717) is 11.8 Å². The lowest BCUT2D eigenvalue weighted by atomic mass is 10.1. The summed E-state index contributed by atoms with van der Waals surface area (Å²) in [5.41, 5.74) is 1.23.